The van der Waals surface area contributed by atoms with E-state index in [-0.39, 0.29) is 12.1 Å². The highest BCUT2D eigenvalue weighted by molar-refractivity contribution is 5.86. The number of aromatic nitrogens is 4. The maximum atomic E-state index is 9.33. The van der Waals surface area contributed by atoms with Gasteiger partial charge in [0.2, 0.25) is 0 Å². The second kappa shape index (κ2) is 4.67. The molecule has 17 heavy (non-hydrogen) atoms. The largest absolute Gasteiger partial charge is 0.393 e. The van der Waals surface area contributed by atoms with Gasteiger partial charge in [-0.05, 0) is 20.3 Å². The van der Waals surface area contributed by atoms with Crippen LogP contribution in [0.2, 0.25) is 0 Å². The molecule has 6 nitrogen and oxygen atoms in total. The summed E-state index contributed by atoms with van der Waals surface area (Å²) in [6, 6.07) is 0.147. The van der Waals surface area contributed by atoms with Crippen molar-refractivity contribution in [3.8, 4) is 0 Å². The number of hydrogen-bond donors (Lipinski definition) is 2. The van der Waals surface area contributed by atoms with Crippen molar-refractivity contribution in [2.75, 3.05) is 5.32 Å². The minimum Gasteiger partial charge on any atom is -0.393 e. The Labute approximate surface area is 99.7 Å². The number of rotatable bonds is 4. The van der Waals surface area contributed by atoms with E-state index in [1.54, 1.807) is 17.8 Å². The normalized spacial score (nSPS) is 14.8. The van der Waals surface area contributed by atoms with Crippen LogP contribution in [0.25, 0.3) is 11.0 Å². The summed E-state index contributed by atoms with van der Waals surface area (Å²) in [6.45, 7) is 3.79. The van der Waals surface area contributed by atoms with Crippen molar-refractivity contribution >= 4 is 16.9 Å². The number of hydrogen-bond acceptors (Lipinski definition) is 5. The SMILES string of the molecule is CC(O)CC(C)Nc1ncnc2c1cnn2C. The molecule has 0 spiro atoms. The number of nitrogens with one attached hydrogen (secondary N) is 1. The Balaban J connectivity index is 2.24. The standard InChI is InChI=1S/C11H17N5O/c1-7(4-8(2)17)15-10-9-5-14-16(3)11(9)13-6-12-10/h5-8,17H,4H2,1-3H3,(H,12,13,15). The van der Waals surface area contributed by atoms with Crippen LogP contribution < -0.4 is 5.32 Å². The van der Waals surface area contributed by atoms with E-state index in [0.717, 1.165) is 16.9 Å². The third-order valence-corrected chi connectivity index (χ3v) is 2.61. The molecular formula is C11H17N5O. The van der Waals surface area contributed by atoms with Crippen molar-refractivity contribution in [3.05, 3.63) is 12.5 Å². The number of aliphatic hydroxyl groups excluding tert-OH is 1. The van der Waals surface area contributed by atoms with E-state index < -0.39 is 0 Å². The molecule has 0 aliphatic rings. The fourth-order valence-corrected chi connectivity index (χ4v) is 1.88. The van der Waals surface area contributed by atoms with Crippen LogP contribution in [0, 0.1) is 0 Å². The molecule has 0 radical (unpaired) electrons. The highest BCUT2D eigenvalue weighted by Gasteiger charge is 2.11. The van der Waals surface area contributed by atoms with Crippen LogP contribution in [0.5, 0.6) is 0 Å². The Bertz CT molecular complexity index is 508. The molecule has 0 aromatic carbocycles. The number of anilines is 1. The molecule has 0 saturated heterocycles. The monoisotopic (exact) mass is 235 g/mol. The fraction of sp³-hybridized carbons (Fsp3) is 0.545. The molecule has 2 N–H and O–H groups in total. The van der Waals surface area contributed by atoms with E-state index in [9.17, 15) is 5.11 Å². The quantitative estimate of drug-likeness (QED) is 0.824. The average molecular weight is 235 g/mol. The van der Waals surface area contributed by atoms with Crippen molar-refractivity contribution in [2.45, 2.75) is 32.4 Å². The summed E-state index contributed by atoms with van der Waals surface area (Å²) in [5, 5.41) is 17.6. The van der Waals surface area contributed by atoms with E-state index in [0.29, 0.717) is 6.42 Å². The number of aliphatic hydroxyl groups is 1. The molecule has 0 saturated carbocycles. The summed E-state index contributed by atoms with van der Waals surface area (Å²) in [4.78, 5) is 8.38. The zero-order valence-corrected chi connectivity index (χ0v) is 10.3. The van der Waals surface area contributed by atoms with E-state index in [1.165, 1.54) is 6.33 Å². The molecular weight excluding hydrogens is 218 g/mol. The van der Waals surface area contributed by atoms with Gasteiger partial charge < -0.3 is 10.4 Å². The van der Waals surface area contributed by atoms with Gasteiger partial charge in [0.05, 0.1) is 17.7 Å². The Hall–Kier alpha value is -1.69. The molecule has 0 amide bonds. The van der Waals surface area contributed by atoms with Gasteiger partial charge in [-0.1, -0.05) is 0 Å². The lowest BCUT2D eigenvalue weighted by Gasteiger charge is -2.16. The van der Waals surface area contributed by atoms with Crippen LogP contribution in [0.3, 0.4) is 0 Å². The van der Waals surface area contributed by atoms with Crippen molar-refractivity contribution < 1.29 is 5.11 Å². The van der Waals surface area contributed by atoms with Crippen LogP contribution >= 0.6 is 0 Å². The second-order valence-corrected chi connectivity index (χ2v) is 4.36. The van der Waals surface area contributed by atoms with Gasteiger partial charge in [0.25, 0.3) is 0 Å². The minimum absolute atomic E-state index is 0.147. The molecule has 2 atom stereocenters. The molecule has 6 heteroatoms. The molecule has 0 bridgehead atoms. The Morgan fingerprint density at radius 2 is 2.18 bits per heavy atom. The minimum atomic E-state index is -0.330. The smallest absolute Gasteiger partial charge is 0.163 e. The van der Waals surface area contributed by atoms with Crippen LogP contribution in [0.15, 0.2) is 12.5 Å². The lowest BCUT2D eigenvalue weighted by Crippen LogP contribution is -2.21. The Kier molecular flexibility index (Phi) is 3.23. The molecule has 2 rings (SSSR count). The Morgan fingerprint density at radius 1 is 1.41 bits per heavy atom. The number of fused-ring (bicyclic) bond motifs is 1. The predicted molar refractivity (Wildman–Crippen MR) is 65.7 cm³/mol. The first kappa shape index (κ1) is 11.8. The highest BCUT2D eigenvalue weighted by atomic mass is 16.3. The number of aryl methyl sites for hydroxylation is 1. The van der Waals surface area contributed by atoms with E-state index in [4.69, 9.17) is 0 Å². The first-order chi connectivity index (χ1) is 8.08. The Morgan fingerprint density at radius 3 is 2.88 bits per heavy atom. The first-order valence-corrected chi connectivity index (χ1v) is 5.65. The lowest BCUT2D eigenvalue weighted by molar-refractivity contribution is 0.179. The van der Waals surface area contributed by atoms with Gasteiger partial charge in [-0.2, -0.15) is 5.10 Å². The summed E-state index contributed by atoms with van der Waals surface area (Å²) in [5.74, 6) is 0.760. The van der Waals surface area contributed by atoms with E-state index in [1.807, 2.05) is 14.0 Å². The van der Waals surface area contributed by atoms with Gasteiger partial charge in [0.1, 0.15) is 12.1 Å². The summed E-state index contributed by atoms with van der Waals surface area (Å²) in [5.41, 5.74) is 0.798. The summed E-state index contributed by atoms with van der Waals surface area (Å²) >= 11 is 0. The van der Waals surface area contributed by atoms with Crippen molar-refractivity contribution in [1.29, 1.82) is 0 Å². The van der Waals surface area contributed by atoms with Crippen LogP contribution in [0.1, 0.15) is 20.3 Å². The van der Waals surface area contributed by atoms with Gasteiger partial charge in [0.15, 0.2) is 5.65 Å². The average Bonchev–Trinajstić information content (AvgIpc) is 2.61. The highest BCUT2D eigenvalue weighted by Crippen LogP contribution is 2.19. The van der Waals surface area contributed by atoms with Crippen LogP contribution in [-0.4, -0.2) is 37.0 Å². The second-order valence-electron chi connectivity index (χ2n) is 4.36. The zero-order chi connectivity index (χ0) is 12.4. The van der Waals surface area contributed by atoms with Crippen molar-refractivity contribution in [2.24, 2.45) is 7.05 Å². The fourth-order valence-electron chi connectivity index (χ4n) is 1.88. The van der Waals surface area contributed by atoms with E-state index >= 15 is 0 Å². The van der Waals surface area contributed by atoms with Gasteiger partial charge in [-0.3, -0.25) is 4.68 Å². The third kappa shape index (κ3) is 2.52. The molecule has 2 heterocycles. The lowest BCUT2D eigenvalue weighted by atomic mass is 10.1. The number of nitrogens with zero attached hydrogens (tertiary/aromatic N) is 4. The maximum Gasteiger partial charge on any atom is 0.163 e. The molecule has 2 aromatic rings. The maximum absolute atomic E-state index is 9.33. The van der Waals surface area contributed by atoms with E-state index in [2.05, 4.69) is 20.4 Å². The van der Waals surface area contributed by atoms with Crippen molar-refractivity contribution in [3.63, 3.8) is 0 Å². The van der Waals surface area contributed by atoms with Crippen molar-refractivity contribution in [1.82, 2.24) is 19.7 Å². The molecule has 2 aromatic heterocycles. The van der Waals surface area contributed by atoms with Crippen LogP contribution in [-0.2, 0) is 7.05 Å². The topological polar surface area (TPSA) is 75.9 Å². The summed E-state index contributed by atoms with van der Waals surface area (Å²) in [6.07, 6.45) is 3.60. The first-order valence-electron chi connectivity index (χ1n) is 5.65. The summed E-state index contributed by atoms with van der Waals surface area (Å²) in [7, 11) is 1.85. The summed E-state index contributed by atoms with van der Waals surface area (Å²) < 4.78 is 1.71. The molecule has 0 fully saturated rings. The van der Waals surface area contributed by atoms with Gasteiger partial charge >= 0.3 is 0 Å². The third-order valence-electron chi connectivity index (χ3n) is 2.61. The van der Waals surface area contributed by atoms with Gasteiger partial charge in [-0.25, -0.2) is 9.97 Å². The van der Waals surface area contributed by atoms with Gasteiger partial charge in [-0.15, -0.1) is 0 Å². The molecule has 92 valence electrons. The molecule has 0 aliphatic carbocycles. The van der Waals surface area contributed by atoms with Gasteiger partial charge in [0, 0.05) is 13.1 Å². The zero-order valence-electron chi connectivity index (χ0n) is 10.3. The molecule has 2 unspecified atom stereocenters. The predicted octanol–water partition coefficient (Wildman–Crippen LogP) is 0.935. The molecule has 0 aliphatic heterocycles. The van der Waals surface area contributed by atoms with Crippen LogP contribution in [0.4, 0.5) is 5.82 Å².